The minimum Gasteiger partial charge on any atom is -0.461 e. The van der Waals surface area contributed by atoms with Crippen LogP contribution in [0.3, 0.4) is 0 Å². The van der Waals surface area contributed by atoms with Crippen molar-refractivity contribution in [3.63, 3.8) is 0 Å². The van der Waals surface area contributed by atoms with Gasteiger partial charge < -0.3 is 13.7 Å². The van der Waals surface area contributed by atoms with Gasteiger partial charge in [0.2, 0.25) is 0 Å². The van der Waals surface area contributed by atoms with Gasteiger partial charge in [-0.05, 0) is 24.3 Å². The van der Waals surface area contributed by atoms with Crippen molar-refractivity contribution in [2.45, 2.75) is 30.5 Å². The van der Waals surface area contributed by atoms with Gasteiger partial charge in [-0.25, -0.2) is 8.42 Å². The smallest absolute Gasteiger partial charge is 0.289 e. The molecule has 31 heavy (non-hydrogen) atoms. The molecule has 0 radical (unpaired) electrons. The van der Waals surface area contributed by atoms with E-state index in [1.165, 1.54) is 17.2 Å². The summed E-state index contributed by atoms with van der Waals surface area (Å²) in [5, 5.41) is 0.963. The van der Waals surface area contributed by atoms with E-state index in [0.717, 1.165) is 22.3 Å². The third-order valence-electron chi connectivity index (χ3n) is 5.23. The van der Waals surface area contributed by atoms with E-state index < -0.39 is 9.84 Å². The Morgan fingerprint density at radius 2 is 1.71 bits per heavy atom. The first kappa shape index (κ1) is 20.9. The highest BCUT2D eigenvalue weighted by Gasteiger charge is 2.25. The molecule has 7 heteroatoms. The maximum Gasteiger partial charge on any atom is 0.289 e. The van der Waals surface area contributed by atoms with E-state index >= 15 is 0 Å². The average molecular weight is 438 g/mol. The predicted molar refractivity (Wildman–Crippen MR) is 117 cm³/mol. The van der Waals surface area contributed by atoms with Gasteiger partial charge in [0.05, 0.1) is 16.9 Å². The molecule has 4 aromatic rings. The maximum absolute atomic E-state index is 13.1. The lowest BCUT2D eigenvalue weighted by Crippen LogP contribution is -2.27. The van der Waals surface area contributed by atoms with Crippen molar-refractivity contribution in [2.24, 2.45) is 0 Å². The van der Waals surface area contributed by atoms with Crippen LogP contribution in [0.2, 0.25) is 0 Å². The van der Waals surface area contributed by atoms with Crippen molar-refractivity contribution in [1.82, 2.24) is 4.90 Å². The third kappa shape index (κ3) is 4.14. The molecule has 2 aromatic heterocycles. The number of nitrogens with zero attached hydrogens (tertiary/aromatic N) is 1. The van der Waals surface area contributed by atoms with Crippen molar-refractivity contribution >= 4 is 26.7 Å². The van der Waals surface area contributed by atoms with E-state index in [1.807, 2.05) is 31.2 Å². The summed E-state index contributed by atoms with van der Waals surface area (Å²) in [7, 11) is -1.93. The minimum atomic E-state index is -3.60. The Morgan fingerprint density at radius 3 is 2.45 bits per heavy atom. The summed E-state index contributed by atoms with van der Waals surface area (Å²) in [6.07, 6.45) is 2.05. The van der Waals surface area contributed by atoms with Crippen LogP contribution in [0, 0.1) is 0 Å². The molecule has 0 N–H and O–H groups in total. The molecule has 0 saturated heterocycles. The zero-order chi connectivity index (χ0) is 22.0. The van der Waals surface area contributed by atoms with Gasteiger partial charge in [0.15, 0.2) is 15.6 Å². The van der Waals surface area contributed by atoms with E-state index in [-0.39, 0.29) is 22.3 Å². The molecule has 0 atom stereocenters. The molecular formula is C24H23NO5S. The van der Waals surface area contributed by atoms with Crippen LogP contribution < -0.4 is 0 Å². The fourth-order valence-corrected chi connectivity index (χ4v) is 5.02. The van der Waals surface area contributed by atoms with Gasteiger partial charge >= 0.3 is 0 Å². The standard InChI is InChI=1S/C24H23NO5S/c1-3-21-20(19-11-7-8-12-22(19)30-21)15-25(2)24(26)23-17(13-14-29-23)16-31(27,28)18-9-5-4-6-10-18/h4-14H,3,15-16H2,1-2H3. The van der Waals surface area contributed by atoms with E-state index in [9.17, 15) is 13.2 Å². The molecule has 0 unspecified atom stereocenters. The van der Waals surface area contributed by atoms with Gasteiger partial charge in [-0.2, -0.15) is 0 Å². The molecule has 4 rings (SSSR count). The highest BCUT2D eigenvalue weighted by molar-refractivity contribution is 7.90. The van der Waals surface area contributed by atoms with Crippen LogP contribution in [0.1, 0.15) is 34.4 Å². The number of carbonyl (C=O) groups excluding carboxylic acids is 1. The second kappa shape index (κ2) is 8.43. The summed E-state index contributed by atoms with van der Waals surface area (Å²) in [5.41, 5.74) is 2.07. The van der Waals surface area contributed by atoms with Gasteiger partial charge in [0, 0.05) is 36.5 Å². The summed E-state index contributed by atoms with van der Waals surface area (Å²) >= 11 is 0. The van der Waals surface area contributed by atoms with E-state index in [1.54, 1.807) is 37.4 Å². The van der Waals surface area contributed by atoms with Crippen LogP contribution in [0.15, 0.2) is 80.7 Å². The average Bonchev–Trinajstić information content (AvgIpc) is 3.38. The van der Waals surface area contributed by atoms with Crippen molar-refractivity contribution in [2.75, 3.05) is 7.05 Å². The molecule has 0 fully saturated rings. The summed E-state index contributed by atoms with van der Waals surface area (Å²) in [6, 6.07) is 17.4. The van der Waals surface area contributed by atoms with E-state index in [4.69, 9.17) is 8.83 Å². The van der Waals surface area contributed by atoms with Gasteiger partial charge in [-0.15, -0.1) is 0 Å². The molecule has 0 spiro atoms. The number of aryl methyl sites for hydroxylation is 1. The third-order valence-corrected chi connectivity index (χ3v) is 6.92. The van der Waals surface area contributed by atoms with E-state index in [0.29, 0.717) is 18.5 Å². The Balaban J connectivity index is 1.58. The van der Waals surface area contributed by atoms with Gasteiger partial charge in [0.25, 0.3) is 5.91 Å². The molecule has 0 bridgehead atoms. The molecule has 160 valence electrons. The molecule has 2 aromatic carbocycles. The number of hydrogen-bond donors (Lipinski definition) is 0. The monoisotopic (exact) mass is 437 g/mol. The van der Waals surface area contributed by atoms with Crippen LogP contribution in [0.5, 0.6) is 0 Å². The van der Waals surface area contributed by atoms with Crippen molar-refractivity contribution in [3.8, 4) is 0 Å². The number of rotatable bonds is 7. The molecule has 0 aliphatic carbocycles. The Kier molecular flexibility index (Phi) is 5.69. The lowest BCUT2D eigenvalue weighted by atomic mass is 10.1. The molecule has 0 aliphatic heterocycles. The van der Waals surface area contributed by atoms with Crippen molar-refractivity contribution in [1.29, 1.82) is 0 Å². The number of para-hydroxylation sites is 1. The van der Waals surface area contributed by atoms with Gasteiger partial charge in [0.1, 0.15) is 11.3 Å². The predicted octanol–water partition coefficient (Wildman–Crippen LogP) is 4.83. The largest absolute Gasteiger partial charge is 0.461 e. The van der Waals surface area contributed by atoms with Crippen LogP contribution in [-0.2, 0) is 28.6 Å². The van der Waals surface area contributed by atoms with Crippen LogP contribution in [0.25, 0.3) is 11.0 Å². The molecule has 6 nitrogen and oxygen atoms in total. The fraction of sp³-hybridized carbons (Fsp3) is 0.208. The Hall–Kier alpha value is -3.32. The molecule has 1 amide bonds. The molecule has 0 saturated carbocycles. The summed E-state index contributed by atoms with van der Waals surface area (Å²) < 4.78 is 36.8. The lowest BCUT2D eigenvalue weighted by molar-refractivity contribution is 0.0752. The van der Waals surface area contributed by atoms with Crippen molar-refractivity contribution in [3.05, 3.63) is 89.6 Å². The zero-order valence-electron chi connectivity index (χ0n) is 17.4. The normalized spacial score (nSPS) is 11.7. The first-order valence-electron chi connectivity index (χ1n) is 9.99. The number of benzene rings is 2. The molecular weight excluding hydrogens is 414 g/mol. The fourth-order valence-electron chi connectivity index (χ4n) is 3.64. The molecule has 2 heterocycles. The maximum atomic E-state index is 13.1. The van der Waals surface area contributed by atoms with Gasteiger partial charge in [-0.1, -0.05) is 43.3 Å². The number of amides is 1. The topological polar surface area (TPSA) is 80.7 Å². The second-order valence-electron chi connectivity index (χ2n) is 7.36. The minimum absolute atomic E-state index is 0.0351. The SMILES string of the molecule is CCc1oc2ccccc2c1CN(C)C(=O)c1occc1CS(=O)(=O)c1ccccc1. The van der Waals surface area contributed by atoms with Crippen LogP contribution >= 0.6 is 0 Å². The van der Waals surface area contributed by atoms with Crippen molar-refractivity contribution < 1.29 is 22.0 Å². The molecule has 0 aliphatic rings. The highest BCUT2D eigenvalue weighted by Crippen LogP contribution is 2.28. The number of sulfone groups is 1. The quantitative estimate of drug-likeness (QED) is 0.413. The van der Waals surface area contributed by atoms with Crippen LogP contribution in [0.4, 0.5) is 0 Å². The Morgan fingerprint density at radius 1 is 1.00 bits per heavy atom. The lowest BCUT2D eigenvalue weighted by Gasteiger charge is -2.17. The summed E-state index contributed by atoms with van der Waals surface area (Å²) in [5.74, 6) is 0.174. The van der Waals surface area contributed by atoms with Crippen LogP contribution in [-0.4, -0.2) is 26.3 Å². The first-order chi connectivity index (χ1) is 14.9. The number of fused-ring (bicyclic) bond motifs is 1. The summed E-state index contributed by atoms with van der Waals surface area (Å²) in [4.78, 5) is 14.8. The highest BCUT2D eigenvalue weighted by atomic mass is 32.2. The first-order valence-corrected chi connectivity index (χ1v) is 11.6. The number of carbonyl (C=O) groups is 1. The van der Waals surface area contributed by atoms with E-state index in [2.05, 4.69) is 0 Å². The zero-order valence-corrected chi connectivity index (χ0v) is 18.2. The summed E-state index contributed by atoms with van der Waals surface area (Å²) in [6.45, 7) is 2.33. The second-order valence-corrected chi connectivity index (χ2v) is 9.35. The number of furan rings is 2. The Labute approximate surface area is 181 Å². The van der Waals surface area contributed by atoms with Gasteiger partial charge in [-0.3, -0.25) is 4.79 Å². The number of hydrogen-bond acceptors (Lipinski definition) is 5. The Bertz CT molecular complexity index is 1320.